The molecule has 0 bridgehead atoms. The number of hydrogen-bond donors (Lipinski definition) is 0. The lowest BCUT2D eigenvalue weighted by Gasteiger charge is -2.02. The Morgan fingerprint density at radius 2 is 1.71 bits per heavy atom. The number of fused-ring (bicyclic) bond motifs is 1. The van der Waals surface area contributed by atoms with Crippen LogP contribution in [0.4, 0.5) is 4.39 Å². The number of hydrogen-bond acceptors (Lipinski definition) is 1. The molecule has 0 atom stereocenters. The average Bonchev–Trinajstić information content (AvgIpc) is 2.69. The highest BCUT2D eigenvalue weighted by Crippen LogP contribution is 2.26. The first-order valence-electron chi connectivity index (χ1n) is 5.15. The molecule has 4 heteroatoms. The summed E-state index contributed by atoms with van der Waals surface area (Å²) >= 11 is 3.51. The van der Waals surface area contributed by atoms with Gasteiger partial charge in [-0.2, -0.15) is 5.10 Å². The van der Waals surface area contributed by atoms with Crippen LogP contribution in [0.5, 0.6) is 0 Å². The molecule has 84 valence electrons. The summed E-state index contributed by atoms with van der Waals surface area (Å²) in [7, 11) is 0. The smallest absolute Gasteiger partial charge is 0.123 e. The van der Waals surface area contributed by atoms with Crippen molar-refractivity contribution in [2.24, 2.45) is 0 Å². The Bertz CT molecular complexity index is 673. The minimum absolute atomic E-state index is 0.249. The van der Waals surface area contributed by atoms with E-state index in [4.69, 9.17) is 0 Å². The van der Waals surface area contributed by atoms with E-state index >= 15 is 0 Å². The van der Waals surface area contributed by atoms with E-state index in [1.54, 1.807) is 16.8 Å². The van der Waals surface area contributed by atoms with Crippen LogP contribution >= 0.6 is 15.9 Å². The van der Waals surface area contributed by atoms with Crippen molar-refractivity contribution in [2.45, 2.75) is 0 Å². The Labute approximate surface area is 106 Å². The van der Waals surface area contributed by atoms with E-state index in [2.05, 4.69) is 21.0 Å². The van der Waals surface area contributed by atoms with Crippen LogP contribution < -0.4 is 0 Å². The Kier molecular flexibility index (Phi) is 2.44. The zero-order valence-electron chi connectivity index (χ0n) is 8.77. The number of nitrogens with zero attached hydrogens (tertiary/aromatic N) is 2. The van der Waals surface area contributed by atoms with Crippen LogP contribution in [-0.2, 0) is 0 Å². The fourth-order valence-electron chi connectivity index (χ4n) is 1.75. The maximum absolute atomic E-state index is 12.9. The predicted molar refractivity (Wildman–Crippen MR) is 68.7 cm³/mol. The van der Waals surface area contributed by atoms with Crippen LogP contribution in [0.3, 0.4) is 0 Å². The summed E-state index contributed by atoms with van der Waals surface area (Å²) in [5, 5.41) is 5.50. The minimum Gasteiger partial charge on any atom is -0.225 e. The van der Waals surface area contributed by atoms with E-state index in [1.807, 2.05) is 24.3 Å². The first kappa shape index (κ1) is 10.5. The lowest BCUT2D eigenvalue weighted by atomic mass is 10.3. The molecule has 3 aromatic rings. The van der Waals surface area contributed by atoms with Gasteiger partial charge in [0.2, 0.25) is 0 Å². The van der Waals surface area contributed by atoms with Crippen molar-refractivity contribution in [2.75, 3.05) is 0 Å². The van der Waals surface area contributed by atoms with Crippen molar-refractivity contribution in [3.63, 3.8) is 0 Å². The van der Waals surface area contributed by atoms with E-state index < -0.39 is 0 Å². The third kappa shape index (κ3) is 1.74. The fourth-order valence-corrected chi connectivity index (χ4v) is 2.37. The van der Waals surface area contributed by atoms with Gasteiger partial charge in [0, 0.05) is 5.39 Å². The molecule has 1 aromatic heterocycles. The Balaban J connectivity index is 2.24. The average molecular weight is 291 g/mol. The van der Waals surface area contributed by atoms with Gasteiger partial charge in [0.05, 0.1) is 11.2 Å². The number of aromatic nitrogens is 2. The first-order valence-corrected chi connectivity index (χ1v) is 5.94. The quantitative estimate of drug-likeness (QED) is 0.664. The molecule has 0 aliphatic heterocycles. The summed E-state index contributed by atoms with van der Waals surface area (Å²) in [4.78, 5) is 0. The van der Waals surface area contributed by atoms with Crippen LogP contribution in [0.15, 0.2) is 53.1 Å². The molecule has 1 heterocycles. The fraction of sp³-hybridized carbons (Fsp3) is 0. The van der Waals surface area contributed by atoms with Gasteiger partial charge in [0.25, 0.3) is 0 Å². The summed E-state index contributed by atoms with van der Waals surface area (Å²) in [5.74, 6) is -0.249. The standard InChI is InChI=1S/C13H8BrFN2/c14-13-11-3-1-2-4-12(11)16-17(13)10-7-5-9(15)6-8-10/h1-8H. The molecule has 0 fully saturated rings. The summed E-state index contributed by atoms with van der Waals surface area (Å²) in [6.45, 7) is 0. The van der Waals surface area contributed by atoms with Crippen LogP contribution in [0, 0.1) is 5.82 Å². The topological polar surface area (TPSA) is 17.8 Å². The molecule has 2 aromatic carbocycles. The van der Waals surface area contributed by atoms with Crippen molar-refractivity contribution in [1.82, 2.24) is 9.78 Å². The van der Waals surface area contributed by atoms with Gasteiger partial charge in [0.15, 0.2) is 0 Å². The SMILES string of the molecule is Fc1ccc(-n2nc3ccccc3c2Br)cc1. The lowest BCUT2D eigenvalue weighted by Crippen LogP contribution is -1.96. The molecular formula is C13H8BrFN2. The summed E-state index contributed by atoms with van der Waals surface area (Å²) in [6, 6.07) is 14.1. The van der Waals surface area contributed by atoms with Gasteiger partial charge in [-0.25, -0.2) is 9.07 Å². The number of benzene rings is 2. The predicted octanol–water partition coefficient (Wildman–Crippen LogP) is 3.93. The summed E-state index contributed by atoms with van der Waals surface area (Å²) < 4.78 is 15.5. The Hall–Kier alpha value is -1.68. The van der Waals surface area contributed by atoms with E-state index in [0.29, 0.717) is 0 Å². The van der Waals surface area contributed by atoms with Crippen LogP contribution in [0.1, 0.15) is 0 Å². The molecule has 0 aliphatic rings. The highest BCUT2D eigenvalue weighted by atomic mass is 79.9. The maximum atomic E-state index is 12.9. The van der Waals surface area contributed by atoms with Crippen molar-refractivity contribution in [3.8, 4) is 5.69 Å². The van der Waals surface area contributed by atoms with Crippen LogP contribution in [0.2, 0.25) is 0 Å². The van der Waals surface area contributed by atoms with Gasteiger partial charge >= 0.3 is 0 Å². The minimum atomic E-state index is -0.249. The molecule has 0 radical (unpaired) electrons. The van der Waals surface area contributed by atoms with Gasteiger partial charge in [-0.1, -0.05) is 18.2 Å². The van der Waals surface area contributed by atoms with Crippen molar-refractivity contribution < 1.29 is 4.39 Å². The zero-order chi connectivity index (χ0) is 11.8. The van der Waals surface area contributed by atoms with Crippen molar-refractivity contribution >= 4 is 26.8 Å². The maximum Gasteiger partial charge on any atom is 0.123 e. The van der Waals surface area contributed by atoms with Gasteiger partial charge in [0.1, 0.15) is 10.4 Å². The highest BCUT2D eigenvalue weighted by molar-refractivity contribution is 9.10. The molecule has 0 spiro atoms. The van der Waals surface area contributed by atoms with E-state index in [0.717, 1.165) is 21.2 Å². The Morgan fingerprint density at radius 1 is 1.00 bits per heavy atom. The number of halogens is 2. The van der Waals surface area contributed by atoms with Gasteiger partial charge in [-0.05, 0) is 46.3 Å². The molecule has 0 amide bonds. The molecule has 0 N–H and O–H groups in total. The van der Waals surface area contributed by atoms with Crippen molar-refractivity contribution in [3.05, 3.63) is 59.0 Å². The van der Waals surface area contributed by atoms with Crippen molar-refractivity contribution in [1.29, 1.82) is 0 Å². The third-order valence-electron chi connectivity index (χ3n) is 2.59. The van der Waals surface area contributed by atoms with Gasteiger partial charge < -0.3 is 0 Å². The first-order chi connectivity index (χ1) is 8.25. The van der Waals surface area contributed by atoms with Crippen LogP contribution in [0.25, 0.3) is 16.6 Å². The monoisotopic (exact) mass is 290 g/mol. The summed E-state index contributed by atoms with van der Waals surface area (Å²) in [6.07, 6.45) is 0. The molecule has 0 unspecified atom stereocenters. The molecular weight excluding hydrogens is 283 g/mol. The third-order valence-corrected chi connectivity index (χ3v) is 3.35. The molecule has 2 nitrogen and oxygen atoms in total. The highest BCUT2D eigenvalue weighted by Gasteiger charge is 2.09. The van der Waals surface area contributed by atoms with Gasteiger partial charge in [-0.15, -0.1) is 0 Å². The van der Waals surface area contributed by atoms with E-state index in [1.165, 1.54) is 12.1 Å². The normalized spacial score (nSPS) is 10.9. The largest absolute Gasteiger partial charge is 0.225 e. The van der Waals surface area contributed by atoms with E-state index in [-0.39, 0.29) is 5.82 Å². The van der Waals surface area contributed by atoms with E-state index in [9.17, 15) is 4.39 Å². The lowest BCUT2D eigenvalue weighted by molar-refractivity contribution is 0.627. The number of rotatable bonds is 1. The molecule has 3 rings (SSSR count). The molecule has 0 aliphatic carbocycles. The zero-order valence-corrected chi connectivity index (χ0v) is 10.4. The second-order valence-corrected chi connectivity index (χ2v) is 4.45. The second-order valence-electron chi connectivity index (χ2n) is 3.70. The molecule has 0 saturated heterocycles. The molecule has 0 saturated carbocycles. The molecule has 17 heavy (non-hydrogen) atoms. The van der Waals surface area contributed by atoms with Crippen LogP contribution in [-0.4, -0.2) is 9.78 Å². The summed E-state index contributed by atoms with van der Waals surface area (Å²) in [5.41, 5.74) is 1.73. The van der Waals surface area contributed by atoms with Gasteiger partial charge in [-0.3, -0.25) is 0 Å². The second kappa shape index (κ2) is 3.96. The Morgan fingerprint density at radius 3 is 2.41 bits per heavy atom.